The van der Waals surface area contributed by atoms with E-state index in [1.165, 1.54) is 12.8 Å². The zero-order valence-corrected chi connectivity index (χ0v) is 6.05. The molecule has 1 saturated carbocycles. The maximum absolute atomic E-state index is 4.91. The molecule has 2 N–H and O–H groups in total. The van der Waals surface area contributed by atoms with Crippen LogP contribution in [-0.4, -0.2) is 18.2 Å². The first kappa shape index (κ1) is 5.47. The number of hydrogen-bond donors (Lipinski definition) is 2. The second-order valence-corrected chi connectivity index (χ2v) is 3.44. The van der Waals surface area contributed by atoms with Crippen molar-refractivity contribution in [1.29, 1.82) is 0 Å². The van der Waals surface area contributed by atoms with Crippen molar-refractivity contribution in [2.24, 2.45) is 5.41 Å². The number of thiocarbonyl (C=S) groups is 1. The fourth-order valence-corrected chi connectivity index (χ4v) is 1.34. The molecule has 50 valence electrons. The van der Waals surface area contributed by atoms with Gasteiger partial charge in [-0.2, -0.15) is 0 Å². The predicted octanol–water partition coefficient (Wildman–Crippen LogP) is 0.244. The van der Waals surface area contributed by atoms with Crippen LogP contribution in [0.25, 0.3) is 0 Å². The van der Waals surface area contributed by atoms with Gasteiger partial charge < -0.3 is 10.6 Å². The Morgan fingerprint density at radius 1 is 1.22 bits per heavy atom. The van der Waals surface area contributed by atoms with Crippen LogP contribution in [0.1, 0.15) is 12.8 Å². The molecule has 0 atom stereocenters. The van der Waals surface area contributed by atoms with Crippen molar-refractivity contribution in [3.63, 3.8) is 0 Å². The van der Waals surface area contributed by atoms with Gasteiger partial charge in [0.25, 0.3) is 0 Å². The third kappa shape index (κ3) is 0.894. The Morgan fingerprint density at radius 3 is 2.22 bits per heavy atom. The van der Waals surface area contributed by atoms with Crippen LogP contribution in [0.4, 0.5) is 0 Å². The zero-order valence-electron chi connectivity index (χ0n) is 5.24. The Morgan fingerprint density at radius 2 is 1.78 bits per heavy atom. The van der Waals surface area contributed by atoms with Crippen LogP contribution < -0.4 is 10.6 Å². The Kier molecular flexibility index (Phi) is 0.970. The molecule has 1 spiro atoms. The normalized spacial score (nSPS) is 29.1. The molecule has 0 aromatic rings. The lowest BCUT2D eigenvalue weighted by atomic mass is 10.1. The van der Waals surface area contributed by atoms with Crippen molar-refractivity contribution in [1.82, 2.24) is 10.6 Å². The molecular formula is C6H10N2S. The summed E-state index contributed by atoms with van der Waals surface area (Å²) < 4.78 is 0. The average molecular weight is 142 g/mol. The lowest BCUT2D eigenvalue weighted by Gasteiger charge is -2.24. The van der Waals surface area contributed by atoms with Gasteiger partial charge in [-0.1, -0.05) is 0 Å². The molecular weight excluding hydrogens is 132 g/mol. The maximum Gasteiger partial charge on any atom is 0.166 e. The van der Waals surface area contributed by atoms with Crippen LogP contribution in [0.2, 0.25) is 0 Å². The molecule has 3 heteroatoms. The highest BCUT2D eigenvalue weighted by Gasteiger charge is 2.44. The fourth-order valence-electron chi connectivity index (χ4n) is 1.19. The van der Waals surface area contributed by atoms with E-state index in [9.17, 15) is 0 Å². The summed E-state index contributed by atoms with van der Waals surface area (Å²) in [5.41, 5.74) is 0.600. The van der Waals surface area contributed by atoms with Crippen LogP contribution in [-0.2, 0) is 0 Å². The molecule has 2 nitrogen and oxygen atoms in total. The smallest absolute Gasteiger partial charge is 0.166 e. The van der Waals surface area contributed by atoms with Crippen molar-refractivity contribution < 1.29 is 0 Å². The minimum Gasteiger partial charge on any atom is -0.362 e. The van der Waals surface area contributed by atoms with E-state index in [4.69, 9.17) is 12.2 Å². The summed E-state index contributed by atoms with van der Waals surface area (Å²) in [7, 11) is 0. The molecule has 9 heavy (non-hydrogen) atoms. The van der Waals surface area contributed by atoms with Gasteiger partial charge in [0.2, 0.25) is 0 Å². The molecule has 1 saturated heterocycles. The minimum atomic E-state index is 0.600. The van der Waals surface area contributed by atoms with E-state index in [1.54, 1.807) is 0 Å². The second kappa shape index (κ2) is 1.59. The summed E-state index contributed by atoms with van der Waals surface area (Å²) >= 11 is 4.91. The first-order valence-electron chi connectivity index (χ1n) is 3.33. The molecule has 1 aliphatic carbocycles. The van der Waals surface area contributed by atoms with E-state index in [0.717, 1.165) is 18.2 Å². The Balaban J connectivity index is 1.98. The zero-order chi connectivity index (χ0) is 6.32. The number of rotatable bonds is 0. The summed E-state index contributed by atoms with van der Waals surface area (Å²) in [4.78, 5) is 0. The van der Waals surface area contributed by atoms with Gasteiger partial charge in [-0.15, -0.1) is 0 Å². The average Bonchev–Trinajstić information content (AvgIpc) is 2.60. The van der Waals surface area contributed by atoms with Gasteiger partial charge in [0.05, 0.1) is 0 Å². The highest BCUT2D eigenvalue weighted by molar-refractivity contribution is 7.80. The van der Waals surface area contributed by atoms with E-state index in [0.29, 0.717) is 5.41 Å². The maximum atomic E-state index is 4.91. The van der Waals surface area contributed by atoms with Gasteiger partial charge in [-0.05, 0) is 25.1 Å². The molecule has 1 aliphatic heterocycles. The standard InChI is InChI=1S/C6H10N2S/c9-5-7-3-6(1-2-6)4-8-5/h1-4H2,(H2,7,8,9). The third-order valence-electron chi connectivity index (χ3n) is 2.20. The van der Waals surface area contributed by atoms with Gasteiger partial charge in [0.1, 0.15) is 0 Å². The van der Waals surface area contributed by atoms with E-state index < -0.39 is 0 Å². The Bertz CT molecular complexity index is 139. The van der Waals surface area contributed by atoms with E-state index in [2.05, 4.69) is 10.6 Å². The molecule has 0 aromatic heterocycles. The number of nitrogens with one attached hydrogen (secondary N) is 2. The lowest BCUT2D eigenvalue weighted by molar-refractivity contribution is 0.456. The minimum absolute atomic E-state index is 0.600. The summed E-state index contributed by atoms with van der Waals surface area (Å²) in [6, 6.07) is 0. The second-order valence-electron chi connectivity index (χ2n) is 3.04. The fraction of sp³-hybridized carbons (Fsp3) is 0.833. The SMILES string of the molecule is S=C1NCC2(CC2)CN1. The van der Waals surface area contributed by atoms with E-state index in [-0.39, 0.29) is 0 Å². The van der Waals surface area contributed by atoms with Crippen LogP contribution in [0.3, 0.4) is 0 Å². The molecule has 0 bridgehead atoms. The van der Waals surface area contributed by atoms with Gasteiger partial charge in [-0.25, -0.2) is 0 Å². The summed E-state index contributed by atoms with van der Waals surface area (Å²) in [5, 5.41) is 7.14. The number of hydrogen-bond acceptors (Lipinski definition) is 1. The monoisotopic (exact) mass is 142 g/mol. The van der Waals surface area contributed by atoms with Gasteiger partial charge in [0.15, 0.2) is 5.11 Å². The van der Waals surface area contributed by atoms with Gasteiger partial charge in [-0.3, -0.25) is 0 Å². The van der Waals surface area contributed by atoms with Gasteiger partial charge >= 0.3 is 0 Å². The predicted molar refractivity (Wildman–Crippen MR) is 40.3 cm³/mol. The molecule has 2 rings (SSSR count). The highest BCUT2D eigenvalue weighted by Crippen LogP contribution is 2.45. The molecule has 0 radical (unpaired) electrons. The van der Waals surface area contributed by atoms with Gasteiger partial charge in [0, 0.05) is 18.5 Å². The summed E-state index contributed by atoms with van der Waals surface area (Å²) in [6.45, 7) is 2.19. The molecule has 2 aliphatic rings. The third-order valence-corrected chi connectivity index (χ3v) is 2.49. The van der Waals surface area contributed by atoms with Crippen LogP contribution in [0, 0.1) is 5.41 Å². The van der Waals surface area contributed by atoms with E-state index >= 15 is 0 Å². The van der Waals surface area contributed by atoms with Crippen LogP contribution in [0.15, 0.2) is 0 Å². The van der Waals surface area contributed by atoms with Crippen molar-refractivity contribution in [2.45, 2.75) is 12.8 Å². The van der Waals surface area contributed by atoms with E-state index in [1.807, 2.05) is 0 Å². The first-order valence-corrected chi connectivity index (χ1v) is 3.73. The van der Waals surface area contributed by atoms with Crippen molar-refractivity contribution in [3.8, 4) is 0 Å². The van der Waals surface area contributed by atoms with Crippen molar-refractivity contribution >= 4 is 17.3 Å². The van der Waals surface area contributed by atoms with Crippen molar-refractivity contribution in [2.75, 3.05) is 13.1 Å². The highest BCUT2D eigenvalue weighted by atomic mass is 32.1. The Hall–Kier alpha value is -0.310. The largest absolute Gasteiger partial charge is 0.362 e. The van der Waals surface area contributed by atoms with Crippen LogP contribution in [0.5, 0.6) is 0 Å². The van der Waals surface area contributed by atoms with Crippen LogP contribution >= 0.6 is 12.2 Å². The molecule has 1 heterocycles. The molecule has 0 amide bonds. The first-order chi connectivity index (χ1) is 4.31. The van der Waals surface area contributed by atoms with Crippen molar-refractivity contribution in [3.05, 3.63) is 0 Å². The summed E-state index contributed by atoms with van der Waals surface area (Å²) in [6.07, 6.45) is 2.74. The molecule has 0 unspecified atom stereocenters. The Labute approximate surface area is 60.0 Å². The summed E-state index contributed by atoms with van der Waals surface area (Å²) in [5.74, 6) is 0. The quantitative estimate of drug-likeness (QED) is 0.474. The molecule has 2 fully saturated rings. The molecule has 0 aromatic carbocycles. The lowest BCUT2D eigenvalue weighted by Crippen LogP contribution is -2.49. The topological polar surface area (TPSA) is 24.1 Å².